The predicted molar refractivity (Wildman–Crippen MR) is 74.0 cm³/mol. The fourth-order valence-corrected chi connectivity index (χ4v) is 3.22. The summed E-state index contributed by atoms with van der Waals surface area (Å²) in [7, 11) is 0. The molecule has 3 rings (SSSR count). The van der Waals surface area contributed by atoms with E-state index in [-0.39, 0.29) is 0 Å². The van der Waals surface area contributed by atoms with Gasteiger partial charge in [0, 0.05) is 11.9 Å². The van der Waals surface area contributed by atoms with E-state index in [1.54, 1.807) is 11.8 Å². The molecule has 1 aliphatic rings. The van der Waals surface area contributed by atoms with Crippen molar-refractivity contribution in [2.45, 2.75) is 24.4 Å². The number of hydrogen-bond donors (Lipinski definition) is 0. The van der Waals surface area contributed by atoms with Crippen molar-refractivity contribution in [3.05, 3.63) is 24.4 Å². The van der Waals surface area contributed by atoms with E-state index in [1.807, 2.05) is 24.4 Å². The van der Waals surface area contributed by atoms with Crippen molar-refractivity contribution >= 4 is 17.4 Å². The zero-order chi connectivity index (χ0) is 12.2. The molecule has 0 N–H and O–H groups in total. The standard InChI is InChI=1S/C13H18N4S/c1-2-10-17-12(6-1)14-15-13(17)18-11-5-9-16-7-3-4-8-16/h1-2,6,10H,3-5,7-9,11H2. The van der Waals surface area contributed by atoms with Gasteiger partial charge in [-0.1, -0.05) is 17.8 Å². The van der Waals surface area contributed by atoms with E-state index >= 15 is 0 Å². The van der Waals surface area contributed by atoms with Gasteiger partial charge in [0.2, 0.25) is 0 Å². The summed E-state index contributed by atoms with van der Waals surface area (Å²) < 4.78 is 2.06. The maximum absolute atomic E-state index is 4.23. The van der Waals surface area contributed by atoms with Crippen molar-refractivity contribution < 1.29 is 0 Å². The summed E-state index contributed by atoms with van der Waals surface area (Å²) >= 11 is 1.80. The summed E-state index contributed by atoms with van der Waals surface area (Å²) in [5.41, 5.74) is 0.930. The third-order valence-corrected chi connectivity index (χ3v) is 4.36. The number of nitrogens with zero attached hydrogens (tertiary/aromatic N) is 4. The van der Waals surface area contributed by atoms with Crippen molar-refractivity contribution in [1.82, 2.24) is 19.5 Å². The van der Waals surface area contributed by atoms with Gasteiger partial charge in [-0.05, 0) is 51.0 Å². The summed E-state index contributed by atoms with van der Waals surface area (Å²) in [5.74, 6) is 1.12. The lowest BCUT2D eigenvalue weighted by molar-refractivity contribution is 0.341. The highest BCUT2D eigenvalue weighted by Crippen LogP contribution is 2.18. The average Bonchev–Trinajstić information content (AvgIpc) is 3.04. The van der Waals surface area contributed by atoms with E-state index in [1.165, 1.54) is 38.9 Å². The van der Waals surface area contributed by atoms with E-state index in [0.717, 1.165) is 16.6 Å². The Morgan fingerprint density at radius 2 is 2.06 bits per heavy atom. The molecular formula is C13H18N4S. The van der Waals surface area contributed by atoms with Crippen molar-refractivity contribution in [2.24, 2.45) is 0 Å². The third-order valence-electron chi connectivity index (χ3n) is 3.33. The van der Waals surface area contributed by atoms with E-state index in [2.05, 4.69) is 19.5 Å². The highest BCUT2D eigenvalue weighted by molar-refractivity contribution is 7.99. The number of fused-ring (bicyclic) bond motifs is 1. The van der Waals surface area contributed by atoms with E-state index in [0.29, 0.717) is 0 Å². The summed E-state index contributed by atoms with van der Waals surface area (Å²) in [6, 6.07) is 6.00. The lowest BCUT2D eigenvalue weighted by Gasteiger charge is -2.13. The molecule has 1 fully saturated rings. The molecular weight excluding hydrogens is 244 g/mol. The van der Waals surface area contributed by atoms with Crippen LogP contribution in [0.15, 0.2) is 29.6 Å². The number of pyridine rings is 1. The molecule has 0 saturated carbocycles. The third kappa shape index (κ3) is 2.67. The fourth-order valence-electron chi connectivity index (χ4n) is 2.38. The monoisotopic (exact) mass is 262 g/mol. The maximum atomic E-state index is 4.23. The Labute approximate surface area is 111 Å². The molecule has 1 saturated heterocycles. The molecule has 0 amide bonds. The maximum Gasteiger partial charge on any atom is 0.195 e. The van der Waals surface area contributed by atoms with Gasteiger partial charge in [0.25, 0.3) is 0 Å². The second-order valence-corrected chi connectivity index (χ2v) is 5.72. The zero-order valence-electron chi connectivity index (χ0n) is 10.5. The van der Waals surface area contributed by atoms with Gasteiger partial charge in [0.05, 0.1) is 0 Å². The van der Waals surface area contributed by atoms with Gasteiger partial charge in [-0.25, -0.2) is 0 Å². The quantitative estimate of drug-likeness (QED) is 0.611. The molecule has 0 bridgehead atoms. The topological polar surface area (TPSA) is 33.4 Å². The number of aromatic nitrogens is 3. The van der Waals surface area contributed by atoms with Crippen LogP contribution in [0.4, 0.5) is 0 Å². The van der Waals surface area contributed by atoms with Gasteiger partial charge >= 0.3 is 0 Å². The largest absolute Gasteiger partial charge is 0.303 e. The molecule has 0 aromatic carbocycles. The number of likely N-dealkylation sites (tertiary alicyclic amines) is 1. The first kappa shape index (κ1) is 12.0. The summed E-state index contributed by atoms with van der Waals surface area (Å²) in [6.45, 7) is 3.81. The first-order valence-corrected chi connectivity index (χ1v) is 7.57. The lowest BCUT2D eigenvalue weighted by atomic mass is 10.4. The Morgan fingerprint density at radius 1 is 1.17 bits per heavy atom. The summed E-state index contributed by atoms with van der Waals surface area (Å²) in [4.78, 5) is 2.56. The number of rotatable bonds is 5. The van der Waals surface area contributed by atoms with Crippen molar-refractivity contribution in [3.63, 3.8) is 0 Å². The number of thioether (sulfide) groups is 1. The Morgan fingerprint density at radius 3 is 2.94 bits per heavy atom. The molecule has 1 aliphatic heterocycles. The molecule has 0 unspecified atom stereocenters. The minimum absolute atomic E-state index is 0.930. The average molecular weight is 262 g/mol. The molecule has 0 radical (unpaired) electrons. The molecule has 4 nitrogen and oxygen atoms in total. The lowest BCUT2D eigenvalue weighted by Crippen LogP contribution is -2.20. The molecule has 2 aromatic heterocycles. The molecule has 0 spiro atoms. The Bertz CT molecular complexity index is 504. The van der Waals surface area contributed by atoms with Crippen LogP contribution >= 0.6 is 11.8 Å². The molecule has 18 heavy (non-hydrogen) atoms. The van der Waals surface area contributed by atoms with Gasteiger partial charge in [-0.15, -0.1) is 10.2 Å². The normalized spacial score (nSPS) is 16.7. The molecule has 5 heteroatoms. The first-order valence-electron chi connectivity index (χ1n) is 6.58. The summed E-state index contributed by atoms with van der Waals surface area (Å²) in [5, 5.41) is 9.39. The van der Waals surface area contributed by atoms with Crippen molar-refractivity contribution in [2.75, 3.05) is 25.4 Å². The van der Waals surface area contributed by atoms with Crippen LogP contribution in [0.25, 0.3) is 5.65 Å². The van der Waals surface area contributed by atoms with Crippen molar-refractivity contribution in [1.29, 1.82) is 0 Å². The highest BCUT2D eigenvalue weighted by atomic mass is 32.2. The van der Waals surface area contributed by atoms with Crippen LogP contribution in [-0.4, -0.2) is 44.9 Å². The Balaban J connectivity index is 1.50. The summed E-state index contributed by atoms with van der Waals surface area (Å²) in [6.07, 6.45) is 6.01. The minimum atomic E-state index is 0.930. The minimum Gasteiger partial charge on any atom is -0.303 e. The fraction of sp³-hybridized carbons (Fsp3) is 0.538. The Kier molecular flexibility index (Phi) is 3.81. The Hall–Kier alpha value is -1.07. The van der Waals surface area contributed by atoms with E-state index in [4.69, 9.17) is 0 Å². The highest BCUT2D eigenvalue weighted by Gasteiger charge is 2.11. The second-order valence-electron chi connectivity index (χ2n) is 4.66. The SMILES string of the molecule is c1ccn2c(SCCCN3CCCC3)nnc2c1. The van der Waals surface area contributed by atoms with Gasteiger partial charge in [0.1, 0.15) is 0 Å². The van der Waals surface area contributed by atoms with Gasteiger partial charge in [-0.2, -0.15) is 0 Å². The van der Waals surface area contributed by atoms with E-state index < -0.39 is 0 Å². The van der Waals surface area contributed by atoms with Crippen LogP contribution in [0, 0.1) is 0 Å². The predicted octanol–water partition coefficient (Wildman–Crippen LogP) is 2.31. The molecule has 0 atom stereocenters. The van der Waals surface area contributed by atoms with Crippen molar-refractivity contribution in [3.8, 4) is 0 Å². The van der Waals surface area contributed by atoms with Gasteiger partial charge < -0.3 is 4.90 Å². The number of hydrogen-bond acceptors (Lipinski definition) is 4. The molecule has 2 aromatic rings. The van der Waals surface area contributed by atoms with Crippen LogP contribution in [0.3, 0.4) is 0 Å². The first-order chi connectivity index (χ1) is 8.93. The van der Waals surface area contributed by atoms with Gasteiger partial charge in [-0.3, -0.25) is 4.40 Å². The van der Waals surface area contributed by atoms with Gasteiger partial charge in [0.15, 0.2) is 10.8 Å². The van der Waals surface area contributed by atoms with Crippen LogP contribution in [0.2, 0.25) is 0 Å². The second kappa shape index (κ2) is 5.71. The zero-order valence-corrected chi connectivity index (χ0v) is 11.3. The van der Waals surface area contributed by atoms with Crippen LogP contribution in [-0.2, 0) is 0 Å². The van der Waals surface area contributed by atoms with E-state index in [9.17, 15) is 0 Å². The van der Waals surface area contributed by atoms with Crippen LogP contribution < -0.4 is 0 Å². The molecule has 96 valence electrons. The van der Waals surface area contributed by atoms with Crippen LogP contribution in [0.1, 0.15) is 19.3 Å². The smallest absolute Gasteiger partial charge is 0.195 e. The molecule has 3 heterocycles. The van der Waals surface area contributed by atoms with Crippen LogP contribution in [0.5, 0.6) is 0 Å². The molecule has 0 aliphatic carbocycles.